The standard InChI is InChI=1S/C15H20N2S/c1-11-4-6-14(9-16-11)10-17-12(2)8-15-7-5-13(3)18-15/h4-7,9,12,17H,8,10H2,1-3H3. The number of rotatable bonds is 5. The van der Waals surface area contributed by atoms with E-state index < -0.39 is 0 Å². The van der Waals surface area contributed by atoms with Crippen molar-refractivity contribution in [2.75, 3.05) is 0 Å². The molecule has 0 radical (unpaired) electrons. The molecule has 0 aliphatic rings. The van der Waals surface area contributed by atoms with Gasteiger partial charge in [-0.1, -0.05) is 6.07 Å². The zero-order valence-corrected chi connectivity index (χ0v) is 12.1. The number of aryl methyl sites for hydroxylation is 2. The van der Waals surface area contributed by atoms with Crippen molar-refractivity contribution in [2.24, 2.45) is 0 Å². The number of nitrogens with one attached hydrogen (secondary N) is 1. The van der Waals surface area contributed by atoms with Gasteiger partial charge in [0.25, 0.3) is 0 Å². The fourth-order valence-corrected chi connectivity index (χ4v) is 2.88. The third kappa shape index (κ3) is 3.93. The third-order valence-corrected chi connectivity index (χ3v) is 3.95. The smallest absolute Gasteiger partial charge is 0.0372 e. The highest BCUT2D eigenvalue weighted by atomic mass is 32.1. The first-order valence-electron chi connectivity index (χ1n) is 6.34. The van der Waals surface area contributed by atoms with Crippen LogP contribution in [0.2, 0.25) is 0 Å². The summed E-state index contributed by atoms with van der Waals surface area (Å²) in [6, 6.07) is 9.11. The Morgan fingerprint density at radius 2 is 2.06 bits per heavy atom. The van der Waals surface area contributed by atoms with E-state index in [1.807, 2.05) is 24.5 Å². The summed E-state index contributed by atoms with van der Waals surface area (Å²) in [6.07, 6.45) is 3.04. The van der Waals surface area contributed by atoms with Gasteiger partial charge >= 0.3 is 0 Å². The van der Waals surface area contributed by atoms with Gasteiger partial charge in [0, 0.05) is 34.2 Å². The molecule has 2 aromatic rings. The molecule has 2 nitrogen and oxygen atoms in total. The predicted molar refractivity (Wildman–Crippen MR) is 78.0 cm³/mol. The minimum Gasteiger partial charge on any atom is -0.310 e. The topological polar surface area (TPSA) is 24.9 Å². The van der Waals surface area contributed by atoms with Crippen LogP contribution in [0.25, 0.3) is 0 Å². The zero-order valence-electron chi connectivity index (χ0n) is 11.2. The number of hydrogen-bond donors (Lipinski definition) is 1. The molecule has 0 fully saturated rings. The molecule has 1 unspecified atom stereocenters. The van der Waals surface area contributed by atoms with E-state index >= 15 is 0 Å². The van der Waals surface area contributed by atoms with Gasteiger partial charge in [-0.2, -0.15) is 0 Å². The maximum atomic E-state index is 4.31. The second-order valence-electron chi connectivity index (χ2n) is 4.81. The van der Waals surface area contributed by atoms with Crippen molar-refractivity contribution < 1.29 is 0 Å². The second-order valence-corrected chi connectivity index (χ2v) is 6.18. The SMILES string of the molecule is Cc1ccc(CNC(C)Cc2ccc(C)s2)cn1. The molecule has 18 heavy (non-hydrogen) atoms. The van der Waals surface area contributed by atoms with Crippen molar-refractivity contribution in [1.29, 1.82) is 0 Å². The molecule has 1 atom stereocenters. The van der Waals surface area contributed by atoms with E-state index in [0.29, 0.717) is 6.04 Å². The molecule has 0 aliphatic heterocycles. The largest absolute Gasteiger partial charge is 0.310 e. The van der Waals surface area contributed by atoms with Crippen molar-refractivity contribution in [3.63, 3.8) is 0 Å². The van der Waals surface area contributed by atoms with Gasteiger partial charge in [0.05, 0.1) is 0 Å². The van der Waals surface area contributed by atoms with E-state index in [0.717, 1.165) is 18.7 Å². The van der Waals surface area contributed by atoms with E-state index in [1.165, 1.54) is 15.3 Å². The lowest BCUT2D eigenvalue weighted by molar-refractivity contribution is 0.548. The summed E-state index contributed by atoms with van der Waals surface area (Å²) in [7, 11) is 0. The van der Waals surface area contributed by atoms with Gasteiger partial charge in [-0.15, -0.1) is 11.3 Å². The van der Waals surface area contributed by atoms with Crippen LogP contribution in [0.1, 0.15) is 27.9 Å². The van der Waals surface area contributed by atoms with Gasteiger partial charge < -0.3 is 5.32 Å². The van der Waals surface area contributed by atoms with Crippen LogP contribution in [-0.2, 0) is 13.0 Å². The zero-order chi connectivity index (χ0) is 13.0. The molecule has 2 rings (SSSR count). The maximum Gasteiger partial charge on any atom is 0.0372 e. The van der Waals surface area contributed by atoms with E-state index in [2.05, 4.69) is 48.4 Å². The summed E-state index contributed by atoms with van der Waals surface area (Å²) in [5, 5.41) is 3.54. The van der Waals surface area contributed by atoms with E-state index in [4.69, 9.17) is 0 Å². The summed E-state index contributed by atoms with van der Waals surface area (Å²) in [5.74, 6) is 0. The second kappa shape index (κ2) is 6.12. The maximum absolute atomic E-state index is 4.31. The average molecular weight is 260 g/mol. The highest BCUT2D eigenvalue weighted by molar-refractivity contribution is 7.11. The van der Waals surface area contributed by atoms with Gasteiger partial charge in [0.2, 0.25) is 0 Å². The lowest BCUT2D eigenvalue weighted by Gasteiger charge is -2.12. The molecule has 3 heteroatoms. The minimum absolute atomic E-state index is 0.490. The normalized spacial score (nSPS) is 12.6. The molecular formula is C15H20N2S. The molecule has 0 saturated carbocycles. The molecule has 0 amide bonds. The van der Waals surface area contributed by atoms with Crippen LogP contribution in [0.4, 0.5) is 0 Å². The Morgan fingerprint density at radius 1 is 1.22 bits per heavy atom. The molecule has 2 heterocycles. The van der Waals surface area contributed by atoms with Crippen LogP contribution in [0, 0.1) is 13.8 Å². The Hall–Kier alpha value is -1.19. The summed E-state index contributed by atoms with van der Waals surface area (Å²) in [6.45, 7) is 7.29. The Morgan fingerprint density at radius 3 is 2.67 bits per heavy atom. The fourth-order valence-electron chi connectivity index (χ4n) is 1.86. The summed E-state index contributed by atoms with van der Waals surface area (Å²) < 4.78 is 0. The van der Waals surface area contributed by atoms with Crippen LogP contribution in [0.5, 0.6) is 0 Å². The van der Waals surface area contributed by atoms with Crippen molar-refractivity contribution in [2.45, 2.75) is 39.8 Å². The van der Waals surface area contributed by atoms with E-state index in [9.17, 15) is 0 Å². The number of nitrogens with zero attached hydrogens (tertiary/aromatic N) is 1. The Labute approximate surface area is 113 Å². The van der Waals surface area contributed by atoms with Gasteiger partial charge in [-0.05, 0) is 51.0 Å². The lowest BCUT2D eigenvalue weighted by atomic mass is 10.2. The third-order valence-electron chi connectivity index (χ3n) is 2.93. The predicted octanol–water partition coefficient (Wildman–Crippen LogP) is 3.48. The average Bonchev–Trinajstić information content (AvgIpc) is 2.74. The summed E-state index contributed by atoms with van der Waals surface area (Å²) in [4.78, 5) is 7.15. The monoisotopic (exact) mass is 260 g/mol. The van der Waals surface area contributed by atoms with Crippen LogP contribution in [0.15, 0.2) is 30.5 Å². The molecule has 0 aromatic carbocycles. The van der Waals surface area contributed by atoms with Crippen molar-refractivity contribution in [1.82, 2.24) is 10.3 Å². The van der Waals surface area contributed by atoms with E-state index in [1.54, 1.807) is 0 Å². The Balaban J connectivity index is 1.81. The summed E-state index contributed by atoms with van der Waals surface area (Å²) in [5.41, 5.74) is 2.32. The van der Waals surface area contributed by atoms with Gasteiger partial charge in [-0.3, -0.25) is 4.98 Å². The van der Waals surface area contributed by atoms with Gasteiger partial charge in [0.15, 0.2) is 0 Å². The number of thiophene rings is 1. The van der Waals surface area contributed by atoms with E-state index in [-0.39, 0.29) is 0 Å². The molecule has 0 saturated heterocycles. The van der Waals surface area contributed by atoms with Crippen molar-refractivity contribution in [3.8, 4) is 0 Å². The lowest BCUT2D eigenvalue weighted by Crippen LogP contribution is -2.27. The fraction of sp³-hybridized carbons (Fsp3) is 0.400. The number of aromatic nitrogens is 1. The first-order chi connectivity index (χ1) is 8.63. The van der Waals surface area contributed by atoms with Crippen LogP contribution in [0.3, 0.4) is 0 Å². The quantitative estimate of drug-likeness (QED) is 0.890. The summed E-state index contributed by atoms with van der Waals surface area (Å²) >= 11 is 1.89. The highest BCUT2D eigenvalue weighted by Crippen LogP contribution is 2.16. The Bertz CT molecular complexity index is 487. The molecule has 0 bridgehead atoms. The van der Waals surface area contributed by atoms with Crippen LogP contribution >= 0.6 is 11.3 Å². The minimum atomic E-state index is 0.490. The van der Waals surface area contributed by atoms with Crippen molar-refractivity contribution in [3.05, 3.63) is 51.5 Å². The van der Waals surface area contributed by atoms with Crippen LogP contribution < -0.4 is 5.32 Å². The first-order valence-corrected chi connectivity index (χ1v) is 7.15. The Kier molecular flexibility index (Phi) is 4.50. The number of pyridine rings is 1. The molecule has 96 valence electrons. The number of hydrogen-bond acceptors (Lipinski definition) is 3. The van der Waals surface area contributed by atoms with Crippen molar-refractivity contribution >= 4 is 11.3 Å². The first kappa shape index (κ1) is 13.2. The highest BCUT2D eigenvalue weighted by Gasteiger charge is 2.05. The van der Waals surface area contributed by atoms with Gasteiger partial charge in [-0.25, -0.2) is 0 Å². The molecule has 1 N–H and O–H groups in total. The molecular weight excluding hydrogens is 240 g/mol. The molecule has 2 aromatic heterocycles. The van der Waals surface area contributed by atoms with Gasteiger partial charge in [0.1, 0.15) is 0 Å². The molecule has 0 spiro atoms. The van der Waals surface area contributed by atoms with Crippen LogP contribution in [-0.4, -0.2) is 11.0 Å². The molecule has 0 aliphatic carbocycles.